The van der Waals surface area contributed by atoms with Crippen molar-refractivity contribution < 1.29 is 23.8 Å². The first-order valence-electron chi connectivity index (χ1n) is 9.39. The fourth-order valence-electron chi connectivity index (χ4n) is 3.36. The van der Waals surface area contributed by atoms with Crippen LogP contribution in [0.25, 0.3) is 0 Å². The van der Waals surface area contributed by atoms with Crippen molar-refractivity contribution in [3.05, 3.63) is 53.1 Å². The molecule has 0 radical (unpaired) electrons. The van der Waals surface area contributed by atoms with Gasteiger partial charge in [-0.05, 0) is 37.6 Å². The zero-order valence-corrected chi connectivity index (χ0v) is 17.2. The van der Waals surface area contributed by atoms with Gasteiger partial charge in [-0.1, -0.05) is 17.7 Å². The molecule has 7 heteroatoms. The third-order valence-corrected chi connectivity index (χ3v) is 4.98. The Morgan fingerprint density at radius 1 is 1.17 bits per heavy atom. The number of ether oxygens (including phenoxy) is 3. The van der Waals surface area contributed by atoms with Crippen LogP contribution in [-0.4, -0.2) is 50.2 Å². The summed E-state index contributed by atoms with van der Waals surface area (Å²) in [7, 11) is 3.14. The van der Waals surface area contributed by atoms with Crippen molar-refractivity contribution in [2.24, 2.45) is 0 Å². The number of hydrogen-bond donors (Lipinski definition) is 1. The van der Waals surface area contributed by atoms with Crippen molar-refractivity contribution >= 4 is 17.5 Å². The lowest BCUT2D eigenvalue weighted by Gasteiger charge is -2.35. The Bertz CT molecular complexity index is 912. The number of carbonyl (C=O) groups is 2. The van der Waals surface area contributed by atoms with Crippen molar-refractivity contribution in [1.29, 1.82) is 0 Å². The van der Waals surface area contributed by atoms with Crippen LogP contribution in [0.15, 0.2) is 36.4 Å². The molecule has 29 heavy (non-hydrogen) atoms. The first-order chi connectivity index (χ1) is 13.9. The summed E-state index contributed by atoms with van der Waals surface area (Å²) in [6.07, 6.45) is 0. The van der Waals surface area contributed by atoms with E-state index in [-0.39, 0.29) is 31.6 Å². The smallest absolute Gasteiger partial charge is 0.249 e. The molecule has 0 bridgehead atoms. The number of morpholine rings is 1. The lowest BCUT2D eigenvalue weighted by atomic mass is 10.1. The minimum atomic E-state index is -0.733. The summed E-state index contributed by atoms with van der Waals surface area (Å²) in [5.41, 5.74) is 3.59. The van der Waals surface area contributed by atoms with Gasteiger partial charge in [0.25, 0.3) is 0 Å². The first kappa shape index (κ1) is 20.7. The predicted molar refractivity (Wildman–Crippen MR) is 109 cm³/mol. The second-order valence-corrected chi connectivity index (χ2v) is 7.04. The van der Waals surface area contributed by atoms with Crippen LogP contribution in [0.3, 0.4) is 0 Å². The number of amides is 2. The van der Waals surface area contributed by atoms with Crippen molar-refractivity contribution in [1.82, 2.24) is 4.90 Å². The Morgan fingerprint density at radius 2 is 1.97 bits per heavy atom. The van der Waals surface area contributed by atoms with Crippen LogP contribution in [0.5, 0.6) is 11.5 Å². The number of aryl methyl sites for hydroxylation is 2. The van der Waals surface area contributed by atoms with E-state index in [2.05, 4.69) is 5.32 Å². The van der Waals surface area contributed by atoms with E-state index in [9.17, 15) is 9.59 Å². The summed E-state index contributed by atoms with van der Waals surface area (Å²) < 4.78 is 16.0. The van der Waals surface area contributed by atoms with Crippen LogP contribution in [-0.2, 0) is 20.9 Å². The van der Waals surface area contributed by atoms with E-state index in [0.717, 1.165) is 22.4 Å². The van der Waals surface area contributed by atoms with Crippen molar-refractivity contribution in [2.45, 2.75) is 26.4 Å². The largest absolute Gasteiger partial charge is 0.497 e. The second kappa shape index (κ2) is 8.96. The molecule has 1 N–H and O–H groups in total. The molecule has 2 amide bonds. The van der Waals surface area contributed by atoms with E-state index < -0.39 is 6.04 Å². The standard InChI is InChI=1S/C22H26N2O5/c1-14-5-8-18(15(2)9-14)23-22(26)19-12-29-13-21(25)24(19)11-16-6-7-17(27-3)10-20(16)28-4/h5-10,19H,11-13H2,1-4H3,(H,23,26)/t19-/m0/s1. The van der Waals surface area contributed by atoms with E-state index in [1.54, 1.807) is 26.4 Å². The molecule has 1 aliphatic rings. The van der Waals surface area contributed by atoms with Crippen LogP contribution in [0.2, 0.25) is 0 Å². The summed E-state index contributed by atoms with van der Waals surface area (Å²) in [5.74, 6) is 0.729. The van der Waals surface area contributed by atoms with E-state index in [1.165, 1.54) is 4.90 Å². The predicted octanol–water partition coefficient (Wildman–Crippen LogP) is 2.69. The lowest BCUT2D eigenvalue weighted by Crippen LogP contribution is -2.54. The molecule has 1 aliphatic heterocycles. The maximum atomic E-state index is 13.0. The minimum Gasteiger partial charge on any atom is -0.497 e. The van der Waals surface area contributed by atoms with Crippen LogP contribution in [0.4, 0.5) is 5.69 Å². The molecule has 0 unspecified atom stereocenters. The van der Waals surface area contributed by atoms with Gasteiger partial charge in [0.1, 0.15) is 24.1 Å². The molecule has 1 saturated heterocycles. The molecule has 0 aromatic heterocycles. The summed E-state index contributed by atoms with van der Waals surface area (Å²) in [4.78, 5) is 27.1. The molecule has 1 fully saturated rings. The van der Waals surface area contributed by atoms with Gasteiger partial charge in [0.2, 0.25) is 11.8 Å². The average molecular weight is 398 g/mol. The zero-order valence-electron chi connectivity index (χ0n) is 17.2. The van der Waals surface area contributed by atoms with E-state index in [1.807, 2.05) is 38.1 Å². The number of anilines is 1. The molecule has 1 heterocycles. The Kier molecular flexibility index (Phi) is 6.39. The van der Waals surface area contributed by atoms with Crippen molar-refractivity contribution in [2.75, 3.05) is 32.8 Å². The summed E-state index contributed by atoms with van der Waals surface area (Å²) in [6.45, 7) is 4.26. The van der Waals surface area contributed by atoms with Gasteiger partial charge in [0, 0.05) is 17.3 Å². The highest BCUT2D eigenvalue weighted by molar-refractivity contribution is 5.98. The van der Waals surface area contributed by atoms with Gasteiger partial charge in [-0.15, -0.1) is 0 Å². The first-order valence-corrected chi connectivity index (χ1v) is 9.39. The van der Waals surface area contributed by atoms with Gasteiger partial charge in [0.05, 0.1) is 27.4 Å². The van der Waals surface area contributed by atoms with Gasteiger partial charge >= 0.3 is 0 Å². The lowest BCUT2D eigenvalue weighted by molar-refractivity contribution is -0.154. The molecule has 2 aromatic carbocycles. The van der Waals surface area contributed by atoms with E-state index in [4.69, 9.17) is 14.2 Å². The number of nitrogens with one attached hydrogen (secondary N) is 1. The average Bonchev–Trinajstić information content (AvgIpc) is 2.71. The van der Waals surface area contributed by atoms with Crippen molar-refractivity contribution in [3.8, 4) is 11.5 Å². The number of rotatable bonds is 6. The molecule has 0 spiro atoms. The Labute approximate surface area is 170 Å². The normalized spacial score (nSPS) is 16.5. The van der Waals surface area contributed by atoms with Crippen LogP contribution < -0.4 is 14.8 Å². The number of carbonyl (C=O) groups excluding carboxylic acids is 2. The van der Waals surface area contributed by atoms with Crippen LogP contribution in [0, 0.1) is 13.8 Å². The van der Waals surface area contributed by atoms with E-state index >= 15 is 0 Å². The number of hydrogen-bond acceptors (Lipinski definition) is 5. The highest BCUT2D eigenvalue weighted by Crippen LogP contribution is 2.27. The van der Waals surface area contributed by atoms with Crippen LogP contribution in [0.1, 0.15) is 16.7 Å². The second-order valence-electron chi connectivity index (χ2n) is 7.04. The number of nitrogens with zero attached hydrogens (tertiary/aromatic N) is 1. The molecular formula is C22H26N2O5. The molecule has 2 aromatic rings. The maximum absolute atomic E-state index is 13.0. The molecule has 7 nitrogen and oxygen atoms in total. The fourth-order valence-corrected chi connectivity index (χ4v) is 3.36. The van der Waals surface area contributed by atoms with Gasteiger partial charge < -0.3 is 24.4 Å². The SMILES string of the molecule is COc1ccc(CN2C(=O)COC[C@H]2C(=O)Nc2ccc(C)cc2C)c(OC)c1. The Balaban J connectivity index is 1.82. The highest BCUT2D eigenvalue weighted by atomic mass is 16.5. The Morgan fingerprint density at radius 3 is 2.66 bits per heavy atom. The Hall–Kier alpha value is -3.06. The molecule has 1 atom stereocenters. The molecule has 154 valence electrons. The third kappa shape index (κ3) is 4.68. The zero-order chi connectivity index (χ0) is 21.0. The topological polar surface area (TPSA) is 77.1 Å². The quantitative estimate of drug-likeness (QED) is 0.810. The number of methoxy groups -OCH3 is 2. The van der Waals surface area contributed by atoms with Crippen LogP contribution >= 0.6 is 0 Å². The third-order valence-electron chi connectivity index (χ3n) is 4.98. The minimum absolute atomic E-state index is 0.0498. The summed E-state index contributed by atoms with van der Waals surface area (Å²) in [5, 5.41) is 2.93. The maximum Gasteiger partial charge on any atom is 0.249 e. The van der Waals surface area contributed by atoms with Gasteiger partial charge in [-0.25, -0.2) is 0 Å². The van der Waals surface area contributed by atoms with E-state index in [0.29, 0.717) is 11.5 Å². The summed E-state index contributed by atoms with van der Waals surface area (Å²) >= 11 is 0. The molecule has 3 rings (SSSR count). The summed E-state index contributed by atoms with van der Waals surface area (Å²) in [6, 6.07) is 10.5. The van der Waals surface area contributed by atoms with Crippen molar-refractivity contribution in [3.63, 3.8) is 0 Å². The fraction of sp³-hybridized carbons (Fsp3) is 0.364. The highest BCUT2D eigenvalue weighted by Gasteiger charge is 2.34. The molecular weight excluding hydrogens is 372 g/mol. The van der Waals surface area contributed by atoms with Gasteiger partial charge in [0.15, 0.2) is 0 Å². The van der Waals surface area contributed by atoms with Gasteiger partial charge in [-0.3, -0.25) is 9.59 Å². The monoisotopic (exact) mass is 398 g/mol. The molecule has 0 saturated carbocycles. The van der Waals surface area contributed by atoms with Gasteiger partial charge in [-0.2, -0.15) is 0 Å². The number of benzene rings is 2. The molecule has 0 aliphatic carbocycles.